The molecule has 9 aromatic carbocycles. The van der Waals surface area contributed by atoms with Crippen molar-refractivity contribution < 1.29 is 87.3 Å². The third-order valence-corrected chi connectivity index (χ3v) is 25.0. The van der Waals surface area contributed by atoms with E-state index in [1.54, 1.807) is 209 Å². The first-order valence-electron chi connectivity index (χ1n) is 38.4. The number of carboxylic acids is 2. The maximum Gasteiger partial charge on any atom is 0.337 e. The van der Waals surface area contributed by atoms with Crippen LogP contribution in [-0.2, 0) is 54.4 Å². The molecule has 3 fully saturated rings. The van der Waals surface area contributed by atoms with E-state index in [1.807, 2.05) is 27.7 Å². The van der Waals surface area contributed by atoms with Gasteiger partial charge >= 0.3 is 17.9 Å². The van der Waals surface area contributed by atoms with Crippen LogP contribution in [0.25, 0.3) is 18.2 Å². The van der Waals surface area contributed by atoms with Crippen LogP contribution in [0.4, 0.5) is 35.4 Å². The summed E-state index contributed by atoms with van der Waals surface area (Å²) in [6.45, 7) is 9.58. The summed E-state index contributed by atoms with van der Waals surface area (Å²) in [4.78, 5) is 91.8. The first-order valence-corrected chi connectivity index (χ1v) is 44.0. The highest BCUT2D eigenvalue weighted by Gasteiger charge is 2.40. The van der Waals surface area contributed by atoms with E-state index >= 15 is 0 Å². The van der Waals surface area contributed by atoms with E-state index in [2.05, 4.69) is 15.0 Å². The summed E-state index contributed by atoms with van der Waals surface area (Å²) >= 11 is 17.8. The number of guanidine groups is 1. The van der Waals surface area contributed by atoms with Gasteiger partial charge < -0.3 is 41.1 Å². The molecule has 12 rings (SSSR count). The minimum Gasteiger partial charge on any atom is -0.478 e. The molecule has 6 N–H and O–H groups in total. The van der Waals surface area contributed by atoms with E-state index in [9.17, 15) is 64.2 Å². The van der Waals surface area contributed by atoms with Gasteiger partial charge in [-0.15, -0.1) is 0 Å². The average Bonchev–Trinajstić information content (AvgIpc) is 1.56. The molecule has 0 aromatic heterocycles. The number of aliphatic imine (C=N–C) groups is 3. The Labute approximate surface area is 752 Å². The standard InChI is InChI=1S/C31H32ClN3O5S.C30H30ClN3O5S.C28H28ClN5O5S.2CH4.2F2/c1-22(2)33-28-14-10-25(11-15-28)30(36)34-18-16-29(21-34)35(20-24-4-8-26(9-5-24)31(37)40-3)41(38,39)19-17-23-6-12-27(32)13-7-23;1-21(2)32-27-13-9-24(10-14-27)29(35)33-17-15-28(20-33)34(19-23-3-7-25(8-4-23)30(36)37)40(38,39)18-16-22-5-11-26(31)12-6-22;29-23-9-3-19(4-10-23)14-16-40(38,39)34(17-20-1-5-22(6-2-20)27(36)37)25-13-15-33(18-25)26(35)21-7-11-24(12-8-21)32-28(30)31;;;2*1-2/h4-15,17,19,29H,16,18,20-21H2,1-3H3;3-14,16,18,28H,15,17,19-20H2,1-2H3,(H,36,37);1-12,14,16,25H,13,15,17-18H2,(H,36,37)(H4,30,31,32);2*1H4;;/b19-17+;18-16+;16-14+;;;;. The molecule has 0 aliphatic carbocycles. The number of carboxylic acid groups (broad SMARTS) is 2. The van der Waals surface area contributed by atoms with Crippen molar-refractivity contribution in [2.45, 2.75) is 99.6 Å². The van der Waals surface area contributed by atoms with Crippen LogP contribution in [0, 0.1) is 0 Å². The summed E-state index contributed by atoms with van der Waals surface area (Å²) in [5.74, 6) is -3.26. The Morgan fingerprint density at radius 3 is 0.858 bits per heavy atom. The second-order valence-electron chi connectivity index (χ2n) is 28.9. The van der Waals surface area contributed by atoms with Crippen LogP contribution in [-0.4, -0.2) is 181 Å². The van der Waals surface area contributed by atoms with Crippen molar-refractivity contribution in [3.8, 4) is 0 Å². The number of carbonyl (C=O) groups excluding carboxylic acids is 4. The summed E-state index contributed by atoms with van der Waals surface area (Å²) in [7, 11) is -10.5. The van der Waals surface area contributed by atoms with Crippen molar-refractivity contribution in [2.75, 3.05) is 46.4 Å². The zero-order chi connectivity index (χ0) is 91.3. The lowest BCUT2D eigenvalue weighted by molar-refractivity contribution is 0.0598. The van der Waals surface area contributed by atoms with Crippen molar-refractivity contribution >= 4 is 153 Å². The molecule has 674 valence electrons. The number of nitrogens with two attached hydrogens (primary N) is 2. The van der Waals surface area contributed by atoms with Gasteiger partial charge in [-0.05, 0) is 244 Å². The van der Waals surface area contributed by atoms with Gasteiger partial charge in [0.1, 0.15) is 0 Å². The molecule has 0 saturated carbocycles. The number of hydrogen-bond donors (Lipinski definition) is 4. The summed E-state index contributed by atoms with van der Waals surface area (Å²) in [6.07, 6.45) is 5.90. The second-order valence-corrected chi connectivity index (χ2v) is 35.5. The topological polar surface area (TPSA) is 363 Å². The average molecular weight is 1860 g/mol. The molecule has 26 nitrogen and oxygen atoms in total. The van der Waals surface area contributed by atoms with E-state index in [1.165, 1.54) is 67.9 Å². The van der Waals surface area contributed by atoms with Crippen LogP contribution < -0.4 is 11.5 Å². The highest BCUT2D eigenvalue weighted by molar-refractivity contribution is 7.92. The van der Waals surface area contributed by atoms with Gasteiger partial charge in [0.05, 0.1) is 40.9 Å². The maximum absolute atomic E-state index is 13.7. The molecule has 9 aromatic rings. The number of aromatic carboxylic acids is 2. The van der Waals surface area contributed by atoms with Crippen molar-refractivity contribution in [3.05, 3.63) is 316 Å². The van der Waals surface area contributed by atoms with Crippen LogP contribution >= 0.6 is 34.8 Å². The molecule has 3 atom stereocenters. The van der Waals surface area contributed by atoms with Crippen LogP contribution in [0.1, 0.15) is 157 Å². The number of likely N-dealkylation sites (tertiary alicyclic amines) is 3. The van der Waals surface area contributed by atoms with E-state index < -0.39 is 66.1 Å². The van der Waals surface area contributed by atoms with Crippen LogP contribution in [0.2, 0.25) is 15.1 Å². The van der Waals surface area contributed by atoms with Crippen molar-refractivity contribution in [2.24, 2.45) is 26.4 Å². The Bertz CT molecular complexity index is 5530. The minimum absolute atomic E-state index is 0. The largest absolute Gasteiger partial charge is 0.478 e. The van der Waals surface area contributed by atoms with Gasteiger partial charge in [0, 0.05) is 155 Å². The molecule has 3 heterocycles. The molecule has 127 heavy (non-hydrogen) atoms. The Morgan fingerprint density at radius 1 is 0.394 bits per heavy atom. The normalized spacial score (nSPS) is 14.8. The third kappa shape index (κ3) is 30.9. The van der Waals surface area contributed by atoms with E-state index in [4.69, 9.17) is 69.3 Å². The number of ether oxygens (including phenoxy) is 1. The number of nitrogens with zero attached hydrogens (tertiary/aromatic N) is 9. The van der Waals surface area contributed by atoms with Crippen LogP contribution in [0.3, 0.4) is 0 Å². The Morgan fingerprint density at radius 2 is 0.630 bits per heavy atom. The van der Waals surface area contributed by atoms with Gasteiger partial charge in [-0.3, -0.25) is 24.4 Å². The number of esters is 1. The van der Waals surface area contributed by atoms with E-state index in [0.29, 0.717) is 115 Å². The van der Waals surface area contributed by atoms with Crippen LogP contribution in [0.5, 0.6) is 0 Å². The molecule has 3 saturated heterocycles. The summed E-state index contributed by atoms with van der Waals surface area (Å²) in [5, 5.41) is 23.5. The van der Waals surface area contributed by atoms with Gasteiger partial charge in [0.15, 0.2) is 5.96 Å². The highest BCUT2D eigenvalue weighted by Crippen LogP contribution is 2.31. The maximum atomic E-state index is 13.7. The molecule has 3 unspecified atom stereocenters. The Kier molecular flexibility index (Phi) is 40.2. The number of benzene rings is 9. The van der Waals surface area contributed by atoms with Crippen molar-refractivity contribution in [1.29, 1.82) is 0 Å². The molecular formula is C91H98Cl3F4N11O15S3. The molecule has 0 spiro atoms. The van der Waals surface area contributed by atoms with Gasteiger partial charge in [-0.1, -0.05) is 122 Å². The molecule has 3 amide bonds. The molecule has 3 aliphatic rings. The zero-order valence-electron chi connectivity index (χ0n) is 68.2. The monoisotopic (exact) mass is 1860 g/mol. The van der Waals surface area contributed by atoms with E-state index in [-0.39, 0.29) is 88.9 Å². The minimum atomic E-state index is -3.94. The van der Waals surface area contributed by atoms with Gasteiger partial charge in [-0.2, -0.15) is 12.9 Å². The number of halogens is 7. The second kappa shape index (κ2) is 49.2. The zero-order valence-corrected chi connectivity index (χ0v) is 72.9. The number of amides is 3. The lowest BCUT2D eigenvalue weighted by Gasteiger charge is -2.27. The SMILES string of the molecule is C.C.CC(C)=Nc1ccc(C(=O)N2CCC(N(Cc3ccc(C(=O)O)cc3)S(=O)(=O)/C=C/c3ccc(Cl)cc3)C2)cc1.COC(=O)c1ccc(CN(C2CCN(C(=O)c3ccc(N=C(C)C)cc3)C2)S(=O)(=O)/C=C/c2ccc(Cl)cc2)cc1.FF.FF.NC(N)=Nc1ccc(C(=O)N2CCC(N(Cc3ccc(C(=O)O)cc3)S(=O)(=O)/C=C/c3ccc(Cl)cc3)C2)cc1. The molecule has 0 bridgehead atoms. The number of sulfonamides is 3. The number of rotatable bonds is 27. The fraction of sp³-hybridized carbons (Fsp3) is 0.242. The number of hydrogen-bond acceptors (Lipinski definition) is 16. The summed E-state index contributed by atoms with van der Waals surface area (Å²) in [5.41, 5.74) is 20.7. The summed E-state index contributed by atoms with van der Waals surface area (Å²) in [6, 6.07) is 58.3. The van der Waals surface area contributed by atoms with Crippen molar-refractivity contribution in [1.82, 2.24) is 27.6 Å². The molecule has 0 radical (unpaired) electrons. The van der Waals surface area contributed by atoms with Gasteiger partial charge in [0.2, 0.25) is 30.1 Å². The number of carbonyl (C=O) groups is 6. The summed E-state index contributed by atoms with van der Waals surface area (Å²) < 4.78 is 123. The predicted molar refractivity (Wildman–Crippen MR) is 492 cm³/mol. The lowest BCUT2D eigenvalue weighted by atomic mass is 10.1. The molecule has 3 aliphatic heterocycles. The van der Waals surface area contributed by atoms with E-state index in [0.717, 1.165) is 33.6 Å². The fourth-order valence-corrected chi connectivity index (χ4v) is 18.0. The Balaban J connectivity index is 0.000000286. The number of methoxy groups -OCH3 is 1. The van der Waals surface area contributed by atoms with Crippen molar-refractivity contribution in [3.63, 3.8) is 0 Å². The lowest BCUT2D eigenvalue weighted by Crippen LogP contribution is -2.41. The first-order chi connectivity index (χ1) is 59.6. The predicted octanol–water partition coefficient (Wildman–Crippen LogP) is 18.4. The first kappa shape index (κ1) is 104. The molecular weight excluding hydrogens is 1770 g/mol. The van der Waals surface area contributed by atoms with Crippen LogP contribution in [0.15, 0.2) is 250 Å². The smallest absolute Gasteiger partial charge is 0.337 e. The van der Waals surface area contributed by atoms with Gasteiger partial charge in [0.25, 0.3) is 17.7 Å². The Hall–Kier alpha value is -12.1. The molecule has 36 heteroatoms. The quantitative estimate of drug-likeness (QED) is 0.0161. The highest BCUT2D eigenvalue weighted by atomic mass is 35.5. The van der Waals surface area contributed by atoms with Gasteiger partial charge in [-0.25, -0.2) is 44.6 Å². The third-order valence-electron chi connectivity index (χ3n) is 19.6. The fourth-order valence-electron chi connectivity index (χ4n) is 13.4.